The van der Waals surface area contributed by atoms with E-state index in [1.165, 1.54) is 0 Å². The minimum Gasteiger partial charge on any atom is -0.347 e. The average Bonchev–Trinajstić information content (AvgIpc) is 2.64. The second-order valence-electron chi connectivity index (χ2n) is 5.02. The van der Waals surface area contributed by atoms with Gasteiger partial charge in [0.15, 0.2) is 0 Å². The van der Waals surface area contributed by atoms with Crippen molar-refractivity contribution in [2.75, 3.05) is 21.1 Å². The summed E-state index contributed by atoms with van der Waals surface area (Å²) in [5, 5.41) is 5.03. The van der Waals surface area contributed by atoms with Gasteiger partial charge in [0.2, 0.25) is 5.91 Å². The van der Waals surface area contributed by atoms with Crippen molar-refractivity contribution in [3.05, 3.63) is 16.4 Å². The van der Waals surface area contributed by atoms with Gasteiger partial charge in [-0.2, -0.15) is 5.10 Å². The molecule has 1 amide bonds. The molecule has 1 aromatic heterocycles. The molecule has 0 N–H and O–H groups in total. The van der Waals surface area contributed by atoms with E-state index in [9.17, 15) is 4.79 Å². The number of rotatable bonds is 5. The van der Waals surface area contributed by atoms with Crippen molar-refractivity contribution in [2.24, 2.45) is 7.05 Å². The van der Waals surface area contributed by atoms with Crippen molar-refractivity contribution in [1.82, 2.24) is 19.6 Å². The van der Waals surface area contributed by atoms with Crippen LogP contribution in [0.1, 0.15) is 25.1 Å². The smallest absolute Gasteiger partial charge is 0.239 e. The molecule has 0 aliphatic rings. The molecule has 1 heterocycles. The summed E-state index contributed by atoms with van der Waals surface area (Å²) in [6.45, 7) is 4.57. The summed E-state index contributed by atoms with van der Waals surface area (Å²) in [6, 6.07) is -0.184. The van der Waals surface area contributed by atoms with Crippen molar-refractivity contribution in [2.45, 2.75) is 32.9 Å². The summed E-state index contributed by atoms with van der Waals surface area (Å²) >= 11 is 6.26. The second kappa shape index (κ2) is 6.39. The Morgan fingerprint density at radius 3 is 2.47 bits per heavy atom. The summed E-state index contributed by atoms with van der Waals surface area (Å²) in [5.74, 6) is 0.0839. The van der Waals surface area contributed by atoms with Gasteiger partial charge in [-0.1, -0.05) is 18.5 Å². The van der Waals surface area contributed by atoms with E-state index in [2.05, 4.69) is 12.0 Å². The third kappa shape index (κ3) is 3.48. The van der Waals surface area contributed by atoms with Crippen molar-refractivity contribution in [1.29, 1.82) is 0 Å². The van der Waals surface area contributed by atoms with Gasteiger partial charge in [-0.25, -0.2) is 0 Å². The molecule has 0 aliphatic heterocycles. The molecule has 5 nitrogen and oxygen atoms in total. The van der Waals surface area contributed by atoms with Gasteiger partial charge in [-0.05, 0) is 20.4 Å². The van der Waals surface area contributed by atoms with Crippen molar-refractivity contribution < 1.29 is 4.79 Å². The topological polar surface area (TPSA) is 41.4 Å². The van der Waals surface area contributed by atoms with Gasteiger partial charge in [0.25, 0.3) is 0 Å². The zero-order chi connectivity index (χ0) is 14.7. The van der Waals surface area contributed by atoms with Crippen LogP contribution in [0.4, 0.5) is 0 Å². The predicted molar refractivity (Wildman–Crippen MR) is 77.2 cm³/mol. The number of hydrogen-bond donors (Lipinski definition) is 0. The van der Waals surface area contributed by atoms with Gasteiger partial charge in [0.1, 0.15) is 5.15 Å². The number of amides is 1. The maximum atomic E-state index is 11.9. The lowest BCUT2D eigenvalue weighted by molar-refractivity contribution is -0.133. The van der Waals surface area contributed by atoms with Gasteiger partial charge in [0, 0.05) is 33.3 Å². The molecule has 0 fully saturated rings. The first-order valence-corrected chi connectivity index (χ1v) is 6.79. The monoisotopic (exact) mass is 286 g/mol. The van der Waals surface area contributed by atoms with Crippen molar-refractivity contribution >= 4 is 17.5 Å². The lowest BCUT2D eigenvalue weighted by Crippen LogP contribution is -2.42. The molecule has 0 aliphatic carbocycles. The highest BCUT2D eigenvalue weighted by atomic mass is 35.5. The minimum atomic E-state index is -0.184. The van der Waals surface area contributed by atoms with E-state index >= 15 is 0 Å². The highest BCUT2D eigenvalue weighted by molar-refractivity contribution is 6.30. The highest BCUT2D eigenvalue weighted by Gasteiger charge is 2.22. The molecule has 0 aromatic carbocycles. The van der Waals surface area contributed by atoms with E-state index in [-0.39, 0.29) is 11.9 Å². The number of aryl methyl sites for hydroxylation is 2. The molecule has 1 rings (SSSR count). The maximum absolute atomic E-state index is 11.9. The molecule has 1 aromatic rings. The van der Waals surface area contributed by atoms with Crippen LogP contribution in [0.5, 0.6) is 0 Å². The third-order valence-corrected chi connectivity index (χ3v) is 3.83. The summed E-state index contributed by atoms with van der Waals surface area (Å²) in [4.78, 5) is 15.5. The molecule has 0 radical (unpaired) electrons. The number of hydrogen-bond acceptors (Lipinski definition) is 3. The first-order valence-electron chi connectivity index (χ1n) is 6.41. The number of carbonyl (C=O) groups is 1. The number of carbonyl (C=O) groups excluding carboxylic acids is 1. The Morgan fingerprint density at radius 2 is 2.00 bits per heavy atom. The first-order chi connectivity index (χ1) is 8.79. The molecule has 1 atom stereocenters. The molecule has 0 saturated carbocycles. The van der Waals surface area contributed by atoms with Crippen LogP contribution >= 0.6 is 11.6 Å². The van der Waals surface area contributed by atoms with E-state index in [0.717, 1.165) is 17.7 Å². The Balaban J connectivity index is 2.88. The lowest BCUT2D eigenvalue weighted by Gasteiger charge is -2.26. The standard InChI is InChI=1S/C13H23ClN4O/c1-7-11-10(12(14)18(6)15-11)8-17(5)9(2)13(19)16(3)4/h9H,7-8H2,1-6H3/t9-/m1/s1. The van der Waals surface area contributed by atoms with Crippen molar-refractivity contribution in [3.63, 3.8) is 0 Å². The van der Waals surface area contributed by atoms with E-state index in [0.29, 0.717) is 11.7 Å². The molecular weight excluding hydrogens is 264 g/mol. The Hall–Kier alpha value is -1.07. The van der Waals surface area contributed by atoms with Crippen molar-refractivity contribution in [3.8, 4) is 0 Å². The molecule has 6 heteroatoms. The van der Waals surface area contributed by atoms with E-state index < -0.39 is 0 Å². The van der Waals surface area contributed by atoms with Crippen LogP contribution in [0.15, 0.2) is 0 Å². The number of nitrogens with zero attached hydrogens (tertiary/aromatic N) is 4. The Labute approximate surface area is 120 Å². The fourth-order valence-electron chi connectivity index (χ4n) is 1.99. The van der Waals surface area contributed by atoms with Crippen LogP contribution in [0.2, 0.25) is 5.15 Å². The summed E-state index contributed by atoms with van der Waals surface area (Å²) in [7, 11) is 7.29. The second-order valence-corrected chi connectivity index (χ2v) is 5.37. The largest absolute Gasteiger partial charge is 0.347 e. The Bertz CT molecular complexity index is 456. The average molecular weight is 287 g/mol. The summed E-state index contributed by atoms with van der Waals surface area (Å²) in [5.41, 5.74) is 2.00. The maximum Gasteiger partial charge on any atom is 0.239 e. The molecule has 0 unspecified atom stereocenters. The molecular formula is C13H23ClN4O. The molecule has 108 valence electrons. The lowest BCUT2D eigenvalue weighted by atomic mass is 10.1. The van der Waals surface area contributed by atoms with Crippen LogP contribution in [-0.2, 0) is 24.8 Å². The van der Waals surface area contributed by atoms with Gasteiger partial charge in [-0.15, -0.1) is 0 Å². The molecule has 0 bridgehead atoms. The highest BCUT2D eigenvalue weighted by Crippen LogP contribution is 2.22. The van der Waals surface area contributed by atoms with Gasteiger partial charge < -0.3 is 4.90 Å². The Kier molecular flexibility index (Phi) is 5.38. The SMILES string of the molecule is CCc1nn(C)c(Cl)c1CN(C)[C@H](C)C(=O)N(C)C. The summed E-state index contributed by atoms with van der Waals surface area (Å²) < 4.78 is 1.68. The van der Waals surface area contributed by atoms with Crippen LogP contribution in [0.3, 0.4) is 0 Å². The fourth-order valence-corrected chi connectivity index (χ4v) is 2.20. The predicted octanol–water partition coefficient (Wildman–Crippen LogP) is 1.54. The molecule has 0 saturated heterocycles. The van der Waals surface area contributed by atoms with E-state index in [1.807, 2.05) is 25.9 Å². The van der Waals surface area contributed by atoms with Gasteiger partial charge >= 0.3 is 0 Å². The third-order valence-electron chi connectivity index (χ3n) is 3.35. The quantitative estimate of drug-likeness (QED) is 0.825. The van der Waals surface area contributed by atoms with Crippen LogP contribution in [0, 0.1) is 0 Å². The molecule has 19 heavy (non-hydrogen) atoms. The normalized spacial score (nSPS) is 12.8. The number of halogens is 1. The van der Waals surface area contributed by atoms with Crippen LogP contribution in [-0.4, -0.2) is 52.7 Å². The Morgan fingerprint density at radius 1 is 1.42 bits per heavy atom. The van der Waals surface area contributed by atoms with Gasteiger partial charge in [0.05, 0.1) is 11.7 Å². The van der Waals surface area contributed by atoms with Crippen LogP contribution in [0.25, 0.3) is 0 Å². The number of aromatic nitrogens is 2. The fraction of sp³-hybridized carbons (Fsp3) is 0.692. The van der Waals surface area contributed by atoms with E-state index in [1.54, 1.807) is 23.7 Å². The first kappa shape index (κ1) is 16.0. The zero-order valence-electron chi connectivity index (χ0n) is 12.6. The van der Waals surface area contributed by atoms with E-state index in [4.69, 9.17) is 11.6 Å². The molecule has 0 spiro atoms. The minimum absolute atomic E-state index is 0.0839. The van der Waals surface area contributed by atoms with Gasteiger partial charge in [-0.3, -0.25) is 14.4 Å². The summed E-state index contributed by atoms with van der Waals surface area (Å²) in [6.07, 6.45) is 0.833. The van der Waals surface area contributed by atoms with Crippen LogP contribution < -0.4 is 0 Å². The zero-order valence-corrected chi connectivity index (χ0v) is 13.3. The number of likely N-dealkylation sites (N-methyl/N-ethyl adjacent to an activating group) is 2.